The van der Waals surface area contributed by atoms with Crippen LogP contribution in [-0.2, 0) is 11.3 Å². The topological polar surface area (TPSA) is 128 Å². The van der Waals surface area contributed by atoms with Crippen molar-refractivity contribution >= 4 is 23.2 Å². The van der Waals surface area contributed by atoms with Crippen molar-refractivity contribution in [2.24, 2.45) is 34.6 Å². The fourth-order valence-electron chi connectivity index (χ4n) is 4.91. The third kappa shape index (κ3) is 4.19. The molecular weight excluding hydrogens is 404 g/mol. The molecule has 0 aliphatic heterocycles. The average molecular weight is 435 g/mol. The summed E-state index contributed by atoms with van der Waals surface area (Å²) < 4.78 is 1.05. The van der Waals surface area contributed by atoms with E-state index in [0.29, 0.717) is 34.4 Å². The number of rotatable bonds is 7. The molecule has 0 spiro atoms. The predicted molar refractivity (Wildman–Crippen MR) is 119 cm³/mol. The van der Waals surface area contributed by atoms with Crippen LogP contribution in [0, 0.1) is 23.2 Å². The van der Waals surface area contributed by atoms with Crippen LogP contribution in [0.5, 0.6) is 0 Å². The van der Waals surface area contributed by atoms with Gasteiger partial charge in [-0.2, -0.15) is 5.10 Å². The van der Waals surface area contributed by atoms with Gasteiger partial charge in [0.2, 0.25) is 5.91 Å². The summed E-state index contributed by atoms with van der Waals surface area (Å²) in [4.78, 5) is 24.8. The van der Waals surface area contributed by atoms with E-state index in [4.69, 9.17) is 23.1 Å². The molecule has 3 fully saturated rings. The Hall–Kier alpha value is -2.48. The summed E-state index contributed by atoms with van der Waals surface area (Å²) in [6.45, 7) is 6.91. The fraction of sp³-hybridized carbons (Fsp3) is 0.571. The third-order valence-corrected chi connectivity index (χ3v) is 7.35. The normalized spacial score (nSPS) is 27.5. The van der Waals surface area contributed by atoms with Crippen LogP contribution in [0.15, 0.2) is 35.0 Å². The van der Waals surface area contributed by atoms with E-state index in [0.717, 1.165) is 11.1 Å². The first-order chi connectivity index (χ1) is 14.2. The Bertz CT molecular complexity index is 923. The Labute approximate surface area is 181 Å². The Morgan fingerprint density at radius 1 is 1.40 bits per heavy atom. The van der Waals surface area contributed by atoms with E-state index < -0.39 is 5.56 Å². The zero-order chi connectivity index (χ0) is 22.1. The zero-order valence-electron chi connectivity index (χ0n) is 17.7. The highest BCUT2D eigenvalue weighted by molar-refractivity contribution is 6.32. The lowest BCUT2D eigenvalue weighted by atomic mass is 9.45. The predicted octanol–water partition coefficient (Wildman–Crippen LogP) is 1.81. The first kappa shape index (κ1) is 22.2. The minimum absolute atomic E-state index is 0.0529. The molecule has 8 nitrogen and oxygen atoms in total. The van der Waals surface area contributed by atoms with Gasteiger partial charge in [-0.3, -0.25) is 9.59 Å². The highest BCUT2D eigenvalue weighted by Gasteiger charge is 2.56. The van der Waals surface area contributed by atoms with Gasteiger partial charge in [0.25, 0.3) is 5.56 Å². The third-order valence-electron chi connectivity index (χ3n) is 6.99. The largest absolute Gasteiger partial charge is 0.405 e. The fourth-order valence-corrected chi connectivity index (χ4v) is 5.11. The zero-order valence-corrected chi connectivity index (χ0v) is 18.4. The molecule has 1 heterocycles. The highest BCUT2D eigenvalue weighted by atomic mass is 35.5. The van der Waals surface area contributed by atoms with Crippen LogP contribution in [0.2, 0.25) is 5.02 Å². The number of fused-ring (bicyclic) bond motifs is 2. The minimum Gasteiger partial charge on any atom is -0.405 e. The molecule has 3 saturated carbocycles. The molecule has 0 radical (unpaired) electrons. The molecule has 0 unspecified atom stereocenters. The van der Waals surface area contributed by atoms with Gasteiger partial charge < -0.3 is 22.1 Å². The van der Waals surface area contributed by atoms with E-state index in [2.05, 4.69) is 36.5 Å². The van der Waals surface area contributed by atoms with Crippen LogP contribution >= 0.6 is 11.6 Å². The second kappa shape index (κ2) is 8.71. The molecule has 164 valence electrons. The van der Waals surface area contributed by atoms with Gasteiger partial charge in [0, 0.05) is 12.6 Å². The van der Waals surface area contributed by atoms with E-state index in [-0.39, 0.29) is 30.1 Å². The number of nitrogens with zero attached hydrogens (tertiary/aromatic N) is 2. The van der Waals surface area contributed by atoms with Gasteiger partial charge in [0.05, 0.1) is 11.9 Å². The molecule has 4 atom stereocenters. The molecule has 1 amide bonds. The maximum Gasteiger partial charge on any atom is 0.288 e. The van der Waals surface area contributed by atoms with Crippen LogP contribution in [0.25, 0.3) is 0 Å². The Morgan fingerprint density at radius 3 is 2.73 bits per heavy atom. The molecule has 3 aliphatic carbocycles. The smallest absolute Gasteiger partial charge is 0.288 e. The van der Waals surface area contributed by atoms with Crippen molar-refractivity contribution in [1.82, 2.24) is 15.1 Å². The van der Waals surface area contributed by atoms with Crippen molar-refractivity contribution in [2.45, 2.75) is 46.2 Å². The van der Waals surface area contributed by atoms with Crippen molar-refractivity contribution in [3.05, 3.63) is 45.6 Å². The Morgan fingerprint density at radius 2 is 2.13 bits per heavy atom. The van der Waals surface area contributed by atoms with E-state index in [1.54, 1.807) is 6.08 Å². The molecule has 3 aliphatic rings. The number of nitrogens with two attached hydrogens (primary N) is 2. The number of amides is 1. The van der Waals surface area contributed by atoms with Gasteiger partial charge in [-0.1, -0.05) is 32.4 Å². The van der Waals surface area contributed by atoms with Crippen molar-refractivity contribution < 1.29 is 4.79 Å². The van der Waals surface area contributed by atoms with Gasteiger partial charge >= 0.3 is 0 Å². The lowest BCUT2D eigenvalue weighted by Crippen LogP contribution is -2.58. The van der Waals surface area contributed by atoms with E-state index in [9.17, 15) is 9.59 Å². The van der Waals surface area contributed by atoms with Gasteiger partial charge in [-0.15, -0.1) is 0 Å². The minimum atomic E-state index is -0.498. The number of nitrogens with one attached hydrogen (secondary N) is 2. The van der Waals surface area contributed by atoms with E-state index >= 15 is 0 Å². The number of hydrogen-bond donors (Lipinski definition) is 4. The Balaban J connectivity index is 1.63. The quantitative estimate of drug-likeness (QED) is 0.484. The number of halogens is 1. The lowest BCUT2D eigenvalue weighted by molar-refractivity contribution is -0.121. The molecule has 0 aromatic carbocycles. The van der Waals surface area contributed by atoms with Gasteiger partial charge in [0.15, 0.2) is 0 Å². The summed E-state index contributed by atoms with van der Waals surface area (Å²) in [6, 6.07) is 0.261. The highest BCUT2D eigenvalue weighted by Crippen LogP contribution is 2.61. The molecule has 30 heavy (non-hydrogen) atoms. The number of hydrogen-bond acceptors (Lipinski definition) is 6. The van der Waals surface area contributed by atoms with Crippen molar-refractivity contribution in [1.29, 1.82) is 0 Å². The van der Waals surface area contributed by atoms with E-state index in [1.165, 1.54) is 25.0 Å². The van der Waals surface area contributed by atoms with Gasteiger partial charge in [-0.05, 0) is 60.1 Å². The van der Waals surface area contributed by atoms with Crippen molar-refractivity contribution in [2.75, 3.05) is 11.9 Å². The van der Waals surface area contributed by atoms with Crippen LogP contribution in [-0.4, -0.2) is 28.3 Å². The Kier molecular flexibility index (Phi) is 6.45. The van der Waals surface area contributed by atoms with Crippen LogP contribution in [0.3, 0.4) is 0 Å². The van der Waals surface area contributed by atoms with Crippen LogP contribution in [0.1, 0.15) is 33.6 Å². The molecule has 1 aromatic rings. The van der Waals surface area contributed by atoms with Gasteiger partial charge in [-0.25, -0.2) is 4.68 Å². The average Bonchev–Trinajstić information content (AvgIpc) is 2.71. The molecule has 2 bridgehead atoms. The summed E-state index contributed by atoms with van der Waals surface area (Å²) in [6.07, 6.45) is 8.12. The number of aromatic nitrogens is 2. The van der Waals surface area contributed by atoms with Crippen LogP contribution in [0.4, 0.5) is 5.69 Å². The molecule has 6 N–H and O–H groups in total. The standard InChI is InChI=1S/C21H31ClN6O2/c1-12-15-6-14(21(15,2)3)7-16(12)27-17-10-26-28(20(30)19(17)22)11-18(29)25-9-13(8-24)4-5-23/h4-5,8,10,12,14-16,27H,6-7,9,11,23-24H2,1-3H3,(H,25,29)/b5-4-,13-8+/t12-,14-,15+,16-/m1/s1. The number of carbonyl (C=O) groups excluding carboxylic acids is 1. The monoisotopic (exact) mass is 434 g/mol. The molecule has 9 heteroatoms. The molecular formula is C21H31ClN6O2. The first-order valence-electron chi connectivity index (χ1n) is 10.3. The van der Waals surface area contributed by atoms with Crippen LogP contribution < -0.4 is 27.7 Å². The van der Waals surface area contributed by atoms with Crippen molar-refractivity contribution in [3.63, 3.8) is 0 Å². The van der Waals surface area contributed by atoms with E-state index in [1.807, 2.05) is 0 Å². The first-order valence-corrected chi connectivity index (χ1v) is 10.6. The maximum absolute atomic E-state index is 12.6. The molecule has 4 rings (SSSR count). The summed E-state index contributed by atoms with van der Waals surface area (Å²) in [5, 5.41) is 10.3. The second-order valence-corrected chi connectivity index (χ2v) is 9.30. The summed E-state index contributed by atoms with van der Waals surface area (Å²) in [7, 11) is 0. The summed E-state index contributed by atoms with van der Waals surface area (Å²) in [5.41, 5.74) is 11.8. The summed E-state index contributed by atoms with van der Waals surface area (Å²) >= 11 is 6.33. The number of carbonyl (C=O) groups is 1. The molecule has 0 saturated heterocycles. The second-order valence-electron chi connectivity index (χ2n) is 8.92. The van der Waals surface area contributed by atoms with Gasteiger partial charge in [0.1, 0.15) is 11.6 Å². The van der Waals surface area contributed by atoms with Crippen molar-refractivity contribution in [3.8, 4) is 0 Å². The number of anilines is 1. The maximum atomic E-state index is 12.6. The molecule has 1 aromatic heterocycles. The lowest BCUT2D eigenvalue weighted by Gasteiger charge is -2.62. The summed E-state index contributed by atoms with van der Waals surface area (Å²) in [5.74, 6) is 1.47. The SMILES string of the molecule is C[C@H]1[C@H](Nc2cnn(CC(=O)NCC(/C=C\N)=C/N)c(=O)c2Cl)C[C@H]2C[C@@H]1C2(C)C.